The van der Waals surface area contributed by atoms with Gasteiger partial charge in [0.1, 0.15) is 16.7 Å². The van der Waals surface area contributed by atoms with E-state index in [-0.39, 0.29) is 30.2 Å². The van der Waals surface area contributed by atoms with Crippen molar-refractivity contribution in [3.8, 4) is 5.75 Å². The number of anilines is 1. The van der Waals surface area contributed by atoms with E-state index in [0.717, 1.165) is 16.8 Å². The highest BCUT2D eigenvalue weighted by atomic mass is 32.2. The average Bonchev–Trinajstić information content (AvgIpc) is 3.29. The number of benzene rings is 3. The molecule has 0 saturated carbocycles. The molecule has 0 bridgehead atoms. The monoisotopic (exact) mass is 508 g/mol. The molecule has 0 aliphatic carbocycles. The van der Waals surface area contributed by atoms with Gasteiger partial charge in [0.05, 0.1) is 25.9 Å². The highest BCUT2D eigenvalue weighted by molar-refractivity contribution is 7.89. The highest BCUT2D eigenvalue weighted by Crippen LogP contribution is 2.38. The summed E-state index contributed by atoms with van der Waals surface area (Å²) in [5.74, 6) is 0.324. The van der Waals surface area contributed by atoms with Gasteiger partial charge in [-0.3, -0.25) is 0 Å². The lowest BCUT2D eigenvalue weighted by molar-refractivity contribution is 0.0313. The largest absolute Gasteiger partial charge is 0.485 e. The molecule has 8 heteroatoms. The standard InChI is InChI=1S/C28H32N2O5S/c1-21(23-10-6-3-7-11-23)30-18-26(20-34-19-22-8-4-2-5-9-22)35-27-16-24(29-15-14-25(31)17-29)12-13-28(27)36(30,32)33/h2-13,16,21,25-26,31H,14-15,17-20H2,1H3/t21-,25+,26+/m0/s1. The first-order valence-electron chi connectivity index (χ1n) is 12.3. The lowest BCUT2D eigenvalue weighted by atomic mass is 10.1. The van der Waals surface area contributed by atoms with Crippen LogP contribution >= 0.6 is 0 Å². The Morgan fingerprint density at radius 1 is 1.03 bits per heavy atom. The first-order valence-corrected chi connectivity index (χ1v) is 13.8. The van der Waals surface area contributed by atoms with Crippen LogP contribution in [0.1, 0.15) is 30.5 Å². The lowest BCUT2D eigenvalue weighted by Gasteiger charge is -2.29. The molecule has 0 amide bonds. The minimum absolute atomic E-state index is 0.152. The van der Waals surface area contributed by atoms with Gasteiger partial charge in [-0.2, -0.15) is 4.31 Å². The maximum atomic E-state index is 13.9. The molecule has 7 nitrogen and oxygen atoms in total. The van der Waals surface area contributed by atoms with Crippen LogP contribution in [0.4, 0.5) is 5.69 Å². The summed E-state index contributed by atoms with van der Waals surface area (Å²) in [5, 5.41) is 9.97. The van der Waals surface area contributed by atoms with Crippen molar-refractivity contribution in [3.63, 3.8) is 0 Å². The Morgan fingerprint density at radius 2 is 1.75 bits per heavy atom. The molecule has 0 radical (unpaired) electrons. The second-order valence-corrected chi connectivity index (χ2v) is 11.3. The Bertz CT molecular complexity index is 1270. The summed E-state index contributed by atoms with van der Waals surface area (Å²) in [4.78, 5) is 2.20. The lowest BCUT2D eigenvalue weighted by Crippen LogP contribution is -2.40. The van der Waals surface area contributed by atoms with Gasteiger partial charge in [-0.25, -0.2) is 8.42 Å². The van der Waals surface area contributed by atoms with Gasteiger partial charge in [-0.1, -0.05) is 60.7 Å². The third kappa shape index (κ3) is 5.27. The summed E-state index contributed by atoms with van der Waals surface area (Å²) in [6, 6.07) is 24.3. The van der Waals surface area contributed by atoms with Gasteiger partial charge < -0.3 is 19.5 Å². The first-order chi connectivity index (χ1) is 17.4. The van der Waals surface area contributed by atoms with Crippen LogP contribution in [-0.2, 0) is 21.4 Å². The van der Waals surface area contributed by atoms with E-state index in [0.29, 0.717) is 31.9 Å². The quantitative estimate of drug-likeness (QED) is 0.520. The number of nitrogens with zero attached hydrogens (tertiary/aromatic N) is 2. The molecule has 1 N–H and O–H groups in total. The predicted molar refractivity (Wildman–Crippen MR) is 139 cm³/mol. The van der Waals surface area contributed by atoms with E-state index in [1.165, 1.54) is 4.31 Å². The van der Waals surface area contributed by atoms with Crippen LogP contribution in [0.15, 0.2) is 83.8 Å². The second kappa shape index (κ2) is 10.6. The Labute approximate surface area is 212 Å². The average molecular weight is 509 g/mol. The van der Waals surface area contributed by atoms with Crippen molar-refractivity contribution in [2.75, 3.05) is 31.1 Å². The Hall–Kier alpha value is -2.91. The molecule has 3 atom stereocenters. The summed E-state index contributed by atoms with van der Waals surface area (Å²) in [5.41, 5.74) is 2.80. The molecular weight excluding hydrogens is 476 g/mol. The zero-order valence-corrected chi connectivity index (χ0v) is 21.2. The van der Waals surface area contributed by atoms with E-state index in [2.05, 4.69) is 4.90 Å². The molecule has 0 unspecified atom stereocenters. The van der Waals surface area contributed by atoms with Gasteiger partial charge >= 0.3 is 0 Å². The molecule has 1 fully saturated rings. The number of β-amino-alcohol motifs (C(OH)–C–C–N with tert-alkyl or cyclic N) is 1. The van der Waals surface area contributed by atoms with Crippen LogP contribution in [-0.4, -0.2) is 56.3 Å². The number of hydrogen-bond acceptors (Lipinski definition) is 6. The summed E-state index contributed by atoms with van der Waals surface area (Å²) in [7, 11) is -3.84. The van der Waals surface area contributed by atoms with Gasteiger partial charge in [0.25, 0.3) is 0 Å². The number of aliphatic hydroxyl groups excluding tert-OH is 1. The number of aliphatic hydroxyl groups is 1. The minimum Gasteiger partial charge on any atom is -0.485 e. The Balaban J connectivity index is 1.45. The molecule has 1 saturated heterocycles. The summed E-state index contributed by atoms with van der Waals surface area (Å²) < 4.78 is 41.7. The summed E-state index contributed by atoms with van der Waals surface area (Å²) in [6.07, 6.45) is -0.181. The summed E-state index contributed by atoms with van der Waals surface area (Å²) >= 11 is 0. The zero-order valence-electron chi connectivity index (χ0n) is 20.4. The van der Waals surface area contributed by atoms with Crippen LogP contribution < -0.4 is 9.64 Å². The van der Waals surface area contributed by atoms with Gasteiger partial charge in [-0.05, 0) is 36.6 Å². The van der Waals surface area contributed by atoms with Crippen molar-refractivity contribution in [3.05, 3.63) is 90.0 Å². The smallest absolute Gasteiger partial charge is 0.247 e. The second-order valence-electron chi connectivity index (χ2n) is 9.42. The van der Waals surface area contributed by atoms with E-state index < -0.39 is 16.1 Å². The molecule has 5 rings (SSSR count). The Morgan fingerprint density at radius 3 is 2.44 bits per heavy atom. The molecule has 3 aromatic carbocycles. The van der Waals surface area contributed by atoms with Crippen molar-refractivity contribution in [1.82, 2.24) is 4.31 Å². The zero-order chi connectivity index (χ0) is 25.1. The third-order valence-corrected chi connectivity index (χ3v) is 8.82. The number of hydrogen-bond donors (Lipinski definition) is 1. The molecule has 0 aromatic heterocycles. The molecule has 3 aromatic rings. The fraction of sp³-hybridized carbons (Fsp3) is 0.357. The number of ether oxygens (including phenoxy) is 2. The normalized spacial score (nSPS) is 22.4. The van der Waals surface area contributed by atoms with Crippen molar-refractivity contribution >= 4 is 15.7 Å². The third-order valence-electron chi connectivity index (χ3n) is 6.85. The van der Waals surface area contributed by atoms with Gasteiger partial charge in [0, 0.05) is 30.9 Å². The minimum atomic E-state index is -3.84. The van der Waals surface area contributed by atoms with Crippen molar-refractivity contribution in [2.45, 2.75) is 43.1 Å². The van der Waals surface area contributed by atoms with E-state index in [1.54, 1.807) is 18.2 Å². The van der Waals surface area contributed by atoms with Gasteiger partial charge in [0.15, 0.2) is 0 Å². The molecular formula is C28H32N2O5S. The van der Waals surface area contributed by atoms with Crippen molar-refractivity contribution in [1.29, 1.82) is 0 Å². The maximum absolute atomic E-state index is 13.9. The summed E-state index contributed by atoms with van der Waals surface area (Å²) in [6.45, 7) is 3.97. The van der Waals surface area contributed by atoms with E-state index in [9.17, 15) is 13.5 Å². The molecule has 2 aliphatic heterocycles. The van der Waals surface area contributed by atoms with E-state index in [1.807, 2.05) is 67.6 Å². The molecule has 0 spiro atoms. The van der Waals surface area contributed by atoms with Crippen LogP contribution in [0.3, 0.4) is 0 Å². The highest BCUT2D eigenvalue weighted by Gasteiger charge is 2.38. The predicted octanol–water partition coefficient (Wildman–Crippen LogP) is 3.99. The van der Waals surface area contributed by atoms with Crippen LogP contribution in [0.2, 0.25) is 0 Å². The van der Waals surface area contributed by atoms with Crippen LogP contribution in [0.25, 0.3) is 0 Å². The van der Waals surface area contributed by atoms with Gasteiger partial charge in [0.2, 0.25) is 10.0 Å². The number of sulfonamides is 1. The van der Waals surface area contributed by atoms with Crippen LogP contribution in [0.5, 0.6) is 5.75 Å². The SMILES string of the molecule is C[C@@H](c1ccccc1)N1C[C@H](COCc2ccccc2)Oc2cc(N3CC[C@@H](O)C3)ccc2S1(=O)=O. The number of fused-ring (bicyclic) bond motifs is 1. The maximum Gasteiger partial charge on any atom is 0.247 e. The number of rotatable bonds is 7. The Kier molecular flexibility index (Phi) is 7.29. The van der Waals surface area contributed by atoms with Crippen molar-refractivity contribution < 1.29 is 23.0 Å². The first kappa shape index (κ1) is 24.8. The molecule has 36 heavy (non-hydrogen) atoms. The topological polar surface area (TPSA) is 79.3 Å². The molecule has 2 heterocycles. The van der Waals surface area contributed by atoms with E-state index in [4.69, 9.17) is 9.47 Å². The van der Waals surface area contributed by atoms with Crippen LogP contribution in [0, 0.1) is 0 Å². The molecule has 190 valence electrons. The van der Waals surface area contributed by atoms with Gasteiger partial charge in [-0.15, -0.1) is 0 Å². The fourth-order valence-corrected chi connectivity index (χ4v) is 6.60. The fourth-order valence-electron chi connectivity index (χ4n) is 4.85. The van der Waals surface area contributed by atoms with Crippen molar-refractivity contribution in [2.24, 2.45) is 0 Å². The van der Waals surface area contributed by atoms with E-state index >= 15 is 0 Å². The molecule has 2 aliphatic rings.